The van der Waals surface area contributed by atoms with Crippen molar-refractivity contribution < 1.29 is 0 Å². The Labute approximate surface area is 70.2 Å². The van der Waals surface area contributed by atoms with Crippen molar-refractivity contribution in [1.29, 1.82) is 0 Å². The van der Waals surface area contributed by atoms with E-state index in [0.29, 0.717) is 5.92 Å². The molecule has 1 heteroatoms. The predicted octanol–water partition coefficient (Wildman–Crippen LogP) is 2.71. The Kier molecular flexibility index (Phi) is 4.67. The zero-order valence-corrected chi connectivity index (χ0v) is 7.91. The molecule has 0 aliphatic carbocycles. The van der Waals surface area contributed by atoms with Gasteiger partial charge in [0.2, 0.25) is 0 Å². The van der Waals surface area contributed by atoms with Gasteiger partial charge in [0.1, 0.15) is 0 Å². The van der Waals surface area contributed by atoms with Crippen LogP contribution in [-0.2, 0) is 0 Å². The minimum Gasteiger partial charge on any atom is -0.389 e. The van der Waals surface area contributed by atoms with Crippen LogP contribution < -0.4 is 5.32 Å². The van der Waals surface area contributed by atoms with Crippen LogP contribution in [0.4, 0.5) is 0 Å². The summed E-state index contributed by atoms with van der Waals surface area (Å²) in [6, 6.07) is 0. The molecule has 0 fully saturated rings. The van der Waals surface area contributed by atoms with E-state index in [1.54, 1.807) is 0 Å². The Morgan fingerprint density at radius 1 is 1.36 bits per heavy atom. The van der Waals surface area contributed by atoms with E-state index >= 15 is 0 Å². The normalized spacial score (nSPS) is 9.82. The molecule has 0 unspecified atom stereocenters. The molecule has 0 rings (SSSR count). The van der Waals surface area contributed by atoms with E-state index in [2.05, 4.69) is 39.2 Å². The summed E-state index contributed by atoms with van der Waals surface area (Å²) >= 11 is 0. The van der Waals surface area contributed by atoms with Gasteiger partial charge in [-0.1, -0.05) is 32.6 Å². The molecule has 0 spiro atoms. The summed E-state index contributed by atoms with van der Waals surface area (Å²) in [6.45, 7) is 15.2. The minimum absolute atomic E-state index is 0.561. The van der Waals surface area contributed by atoms with Crippen molar-refractivity contribution in [3.05, 3.63) is 24.4 Å². The average molecular weight is 153 g/mol. The second kappa shape index (κ2) is 5.00. The summed E-state index contributed by atoms with van der Waals surface area (Å²) in [5.74, 6) is 0.561. The van der Waals surface area contributed by atoms with E-state index in [1.165, 1.54) is 5.57 Å². The first-order chi connectivity index (χ1) is 5.07. The largest absolute Gasteiger partial charge is 0.389 e. The molecule has 0 atom stereocenters. The molecule has 0 aromatic carbocycles. The van der Waals surface area contributed by atoms with Gasteiger partial charge in [0, 0.05) is 18.7 Å². The van der Waals surface area contributed by atoms with Gasteiger partial charge in [-0.15, -0.1) is 0 Å². The monoisotopic (exact) mass is 153 g/mol. The number of allylic oxidation sites excluding steroid dienone is 1. The lowest BCUT2D eigenvalue weighted by Crippen LogP contribution is -2.12. The molecule has 0 heterocycles. The van der Waals surface area contributed by atoms with E-state index in [9.17, 15) is 0 Å². The van der Waals surface area contributed by atoms with Crippen LogP contribution in [0.25, 0.3) is 0 Å². The standard InChI is InChI=1S/C10H19N/c1-6-11-10(5)7-9(4)8(2)3/h8,11H,4-7H2,1-3H3. The maximum absolute atomic E-state index is 3.98. The Bertz CT molecular complexity index is 145. The van der Waals surface area contributed by atoms with Gasteiger partial charge in [-0.05, 0) is 12.8 Å². The maximum atomic E-state index is 3.98. The summed E-state index contributed by atoms with van der Waals surface area (Å²) in [4.78, 5) is 0. The lowest BCUT2D eigenvalue weighted by molar-refractivity contribution is 0.715. The van der Waals surface area contributed by atoms with E-state index in [1.807, 2.05) is 0 Å². The Balaban J connectivity index is 3.67. The molecule has 0 amide bonds. The van der Waals surface area contributed by atoms with Gasteiger partial charge in [0.05, 0.1) is 0 Å². The summed E-state index contributed by atoms with van der Waals surface area (Å²) < 4.78 is 0. The maximum Gasteiger partial charge on any atom is 0.0115 e. The van der Waals surface area contributed by atoms with Crippen LogP contribution in [0.2, 0.25) is 0 Å². The van der Waals surface area contributed by atoms with Gasteiger partial charge in [0.25, 0.3) is 0 Å². The van der Waals surface area contributed by atoms with Gasteiger partial charge < -0.3 is 5.32 Å². The fourth-order valence-electron chi connectivity index (χ4n) is 0.791. The van der Waals surface area contributed by atoms with Crippen LogP contribution in [0.5, 0.6) is 0 Å². The van der Waals surface area contributed by atoms with Gasteiger partial charge in [0.15, 0.2) is 0 Å². The molecule has 64 valence electrons. The molecule has 0 bridgehead atoms. The van der Waals surface area contributed by atoms with Gasteiger partial charge >= 0.3 is 0 Å². The van der Waals surface area contributed by atoms with Crippen molar-refractivity contribution in [1.82, 2.24) is 5.32 Å². The second-order valence-corrected chi connectivity index (χ2v) is 3.12. The number of nitrogens with one attached hydrogen (secondary N) is 1. The zero-order valence-electron chi connectivity index (χ0n) is 7.91. The molecule has 0 aromatic heterocycles. The van der Waals surface area contributed by atoms with E-state index in [-0.39, 0.29) is 0 Å². The number of rotatable bonds is 5. The highest BCUT2D eigenvalue weighted by molar-refractivity contribution is 5.09. The fourth-order valence-corrected chi connectivity index (χ4v) is 0.791. The molecule has 0 aliphatic rings. The molecule has 0 saturated carbocycles. The van der Waals surface area contributed by atoms with Gasteiger partial charge in [-0.25, -0.2) is 0 Å². The molecule has 0 aliphatic heterocycles. The molecule has 1 nitrogen and oxygen atoms in total. The highest BCUT2D eigenvalue weighted by Crippen LogP contribution is 2.13. The quantitative estimate of drug-likeness (QED) is 0.599. The van der Waals surface area contributed by atoms with Crippen molar-refractivity contribution >= 4 is 0 Å². The lowest BCUT2D eigenvalue weighted by atomic mass is 10.0. The Hall–Kier alpha value is -0.720. The molecule has 0 radical (unpaired) electrons. The third-order valence-electron chi connectivity index (χ3n) is 1.68. The number of hydrogen-bond donors (Lipinski definition) is 1. The van der Waals surface area contributed by atoms with E-state index in [0.717, 1.165) is 18.7 Å². The summed E-state index contributed by atoms with van der Waals surface area (Å²) in [5.41, 5.74) is 2.32. The lowest BCUT2D eigenvalue weighted by Gasteiger charge is -2.11. The summed E-state index contributed by atoms with van der Waals surface area (Å²) in [6.07, 6.45) is 0.908. The molecule has 11 heavy (non-hydrogen) atoms. The zero-order chi connectivity index (χ0) is 8.85. The van der Waals surface area contributed by atoms with Crippen molar-refractivity contribution in [2.24, 2.45) is 5.92 Å². The molecule has 1 N–H and O–H groups in total. The highest BCUT2D eigenvalue weighted by atomic mass is 14.9. The number of hydrogen-bond acceptors (Lipinski definition) is 1. The highest BCUT2D eigenvalue weighted by Gasteiger charge is 2.00. The van der Waals surface area contributed by atoms with E-state index in [4.69, 9.17) is 0 Å². The molecular formula is C10H19N. The molecule has 0 aromatic rings. The first-order valence-electron chi connectivity index (χ1n) is 4.17. The Morgan fingerprint density at radius 2 is 1.91 bits per heavy atom. The van der Waals surface area contributed by atoms with Crippen LogP contribution in [0.1, 0.15) is 27.2 Å². The molecular weight excluding hydrogens is 134 g/mol. The van der Waals surface area contributed by atoms with Crippen LogP contribution in [0, 0.1) is 5.92 Å². The first-order valence-corrected chi connectivity index (χ1v) is 4.17. The SMILES string of the molecule is C=C(CC(=C)C(C)C)NCC. The predicted molar refractivity (Wildman–Crippen MR) is 51.4 cm³/mol. The van der Waals surface area contributed by atoms with Gasteiger partial charge in [-0.3, -0.25) is 0 Å². The van der Waals surface area contributed by atoms with Crippen LogP contribution in [0.3, 0.4) is 0 Å². The summed E-state index contributed by atoms with van der Waals surface area (Å²) in [7, 11) is 0. The summed E-state index contributed by atoms with van der Waals surface area (Å²) in [5, 5.41) is 3.18. The van der Waals surface area contributed by atoms with Crippen molar-refractivity contribution in [3.63, 3.8) is 0 Å². The van der Waals surface area contributed by atoms with Crippen molar-refractivity contribution in [3.8, 4) is 0 Å². The average Bonchev–Trinajstić information content (AvgIpc) is 1.87. The molecule has 0 saturated heterocycles. The first kappa shape index (κ1) is 10.3. The van der Waals surface area contributed by atoms with Gasteiger partial charge in [-0.2, -0.15) is 0 Å². The fraction of sp³-hybridized carbons (Fsp3) is 0.600. The minimum atomic E-state index is 0.561. The third kappa shape index (κ3) is 4.65. The van der Waals surface area contributed by atoms with Crippen molar-refractivity contribution in [2.75, 3.05) is 6.54 Å². The third-order valence-corrected chi connectivity index (χ3v) is 1.68. The van der Waals surface area contributed by atoms with E-state index < -0.39 is 0 Å². The second-order valence-electron chi connectivity index (χ2n) is 3.12. The Morgan fingerprint density at radius 3 is 2.27 bits per heavy atom. The van der Waals surface area contributed by atoms with Crippen LogP contribution in [0.15, 0.2) is 24.4 Å². The van der Waals surface area contributed by atoms with Crippen LogP contribution in [-0.4, -0.2) is 6.54 Å². The van der Waals surface area contributed by atoms with Crippen LogP contribution >= 0.6 is 0 Å². The van der Waals surface area contributed by atoms with Crippen molar-refractivity contribution in [2.45, 2.75) is 27.2 Å². The topological polar surface area (TPSA) is 12.0 Å². The smallest absolute Gasteiger partial charge is 0.0115 e.